The molecular weight excluding hydrogens is 316 g/mol. The lowest BCUT2D eigenvalue weighted by molar-refractivity contribution is 0.315. The van der Waals surface area contributed by atoms with Crippen LogP contribution in [0.3, 0.4) is 0 Å². The number of ether oxygens (including phenoxy) is 2. The Morgan fingerprint density at radius 3 is 2.60 bits per heavy atom. The van der Waals surface area contributed by atoms with Crippen LogP contribution in [0.1, 0.15) is 17.9 Å². The van der Waals surface area contributed by atoms with Gasteiger partial charge in [-0.05, 0) is 49.8 Å². The van der Waals surface area contributed by atoms with Gasteiger partial charge >= 0.3 is 0 Å². The van der Waals surface area contributed by atoms with Crippen molar-refractivity contribution in [1.82, 2.24) is 9.88 Å². The number of benzene rings is 2. The first kappa shape index (κ1) is 17.3. The molecule has 0 N–H and O–H groups in total. The maximum Gasteiger partial charge on any atom is 0.195 e. The highest BCUT2D eigenvalue weighted by Crippen LogP contribution is 2.28. The molecule has 0 aliphatic heterocycles. The van der Waals surface area contributed by atoms with Crippen LogP contribution in [0.25, 0.3) is 11.1 Å². The molecule has 1 heterocycles. The molecule has 2 aromatic carbocycles. The topological polar surface area (TPSA) is 47.7 Å². The summed E-state index contributed by atoms with van der Waals surface area (Å²) in [6.07, 6.45) is 1.83. The first-order valence-corrected chi connectivity index (χ1v) is 8.43. The molecule has 0 atom stereocenters. The summed E-state index contributed by atoms with van der Waals surface area (Å²) in [4.78, 5) is 6.80. The van der Waals surface area contributed by atoms with E-state index in [-0.39, 0.29) is 0 Å². The van der Waals surface area contributed by atoms with Gasteiger partial charge in [-0.1, -0.05) is 18.2 Å². The minimum Gasteiger partial charge on any atom is -0.493 e. The minimum atomic E-state index is 0.755. The Labute approximate surface area is 148 Å². The summed E-state index contributed by atoms with van der Waals surface area (Å²) >= 11 is 0. The van der Waals surface area contributed by atoms with E-state index in [0.29, 0.717) is 0 Å². The Morgan fingerprint density at radius 1 is 1.04 bits per heavy atom. The van der Waals surface area contributed by atoms with Crippen LogP contribution in [-0.2, 0) is 13.0 Å². The SMILES string of the molecule is COc1ccc(CN(C)CCCc2nc3ccccc3o2)cc1OC. The summed E-state index contributed by atoms with van der Waals surface area (Å²) in [6.45, 7) is 1.82. The molecule has 5 nitrogen and oxygen atoms in total. The lowest BCUT2D eigenvalue weighted by atomic mass is 10.2. The second kappa shape index (κ2) is 8.03. The average Bonchev–Trinajstić information content (AvgIpc) is 3.04. The van der Waals surface area contributed by atoms with Crippen molar-refractivity contribution < 1.29 is 13.9 Å². The maximum atomic E-state index is 5.76. The molecule has 3 rings (SSSR count). The second-order valence-electron chi connectivity index (χ2n) is 6.11. The average molecular weight is 340 g/mol. The summed E-state index contributed by atoms with van der Waals surface area (Å²) in [6, 6.07) is 13.9. The minimum absolute atomic E-state index is 0.755. The third-order valence-electron chi connectivity index (χ3n) is 4.17. The van der Waals surface area contributed by atoms with Crippen LogP contribution < -0.4 is 9.47 Å². The van der Waals surface area contributed by atoms with Crippen LogP contribution >= 0.6 is 0 Å². The van der Waals surface area contributed by atoms with Crippen LogP contribution in [0.4, 0.5) is 0 Å². The number of aryl methyl sites for hydroxylation is 1. The number of methoxy groups -OCH3 is 2. The number of aromatic nitrogens is 1. The molecule has 0 fully saturated rings. The van der Waals surface area contributed by atoms with Crippen molar-refractivity contribution in [1.29, 1.82) is 0 Å². The quantitative estimate of drug-likeness (QED) is 0.622. The van der Waals surface area contributed by atoms with Crippen LogP contribution in [-0.4, -0.2) is 37.7 Å². The van der Waals surface area contributed by atoms with Crippen molar-refractivity contribution in [3.63, 3.8) is 0 Å². The number of hydrogen-bond acceptors (Lipinski definition) is 5. The Balaban J connectivity index is 1.51. The summed E-state index contributed by atoms with van der Waals surface area (Å²) in [5.74, 6) is 2.32. The van der Waals surface area contributed by atoms with Gasteiger partial charge in [-0.15, -0.1) is 0 Å². The standard InChI is InChI=1S/C20H24N2O3/c1-22(14-15-10-11-18(23-2)19(13-15)24-3)12-6-9-20-21-16-7-4-5-8-17(16)25-20/h4-5,7-8,10-11,13H,6,9,12,14H2,1-3H3. The number of rotatable bonds is 8. The first-order valence-electron chi connectivity index (χ1n) is 8.43. The first-order chi connectivity index (χ1) is 12.2. The van der Waals surface area contributed by atoms with Crippen molar-refractivity contribution in [3.05, 3.63) is 53.9 Å². The molecule has 25 heavy (non-hydrogen) atoms. The zero-order valence-corrected chi connectivity index (χ0v) is 15.0. The summed E-state index contributed by atoms with van der Waals surface area (Å²) in [7, 11) is 5.42. The zero-order valence-electron chi connectivity index (χ0n) is 15.0. The van der Waals surface area contributed by atoms with Crippen molar-refractivity contribution in [2.75, 3.05) is 27.8 Å². The fourth-order valence-corrected chi connectivity index (χ4v) is 2.90. The van der Waals surface area contributed by atoms with E-state index in [1.54, 1.807) is 14.2 Å². The van der Waals surface area contributed by atoms with Gasteiger partial charge in [0, 0.05) is 13.0 Å². The van der Waals surface area contributed by atoms with Gasteiger partial charge in [0.2, 0.25) is 0 Å². The second-order valence-corrected chi connectivity index (χ2v) is 6.11. The molecule has 0 radical (unpaired) electrons. The highest BCUT2D eigenvalue weighted by atomic mass is 16.5. The monoisotopic (exact) mass is 340 g/mol. The van der Waals surface area contributed by atoms with Crippen LogP contribution in [0.5, 0.6) is 11.5 Å². The molecule has 0 aliphatic carbocycles. The molecule has 5 heteroatoms. The molecule has 0 bridgehead atoms. The molecule has 0 saturated heterocycles. The van der Waals surface area contributed by atoms with Crippen molar-refractivity contribution >= 4 is 11.1 Å². The van der Waals surface area contributed by atoms with Gasteiger partial charge in [0.15, 0.2) is 23.0 Å². The fourth-order valence-electron chi connectivity index (χ4n) is 2.90. The summed E-state index contributed by atoms with van der Waals surface area (Å²) < 4.78 is 16.4. The van der Waals surface area contributed by atoms with Crippen LogP contribution in [0.15, 0.2) is 46.9 Å². The van der Waals surface area contributed by atoms with E-state index < -0.39 is 0 Å². The summed E-state index contributed by atoms with van der Waals surface area (Å²) in [5.41, 5.74) is 2.98. The molecular formula is C20H24N2O3. The number of oxazole rings is 1. The molecule has 132 valence electrons. The number of nitrogens with zero attached hydrogens (tertiary/aromatic N) is 2. The van der Waals surface area contributed by atoms with E-state index in [9.17, 15) is 0 Å². The predicted molar refractivity (Wildman–Crippen MR) is 98.2 cm³/mol. The molecule has 0 aliphatic rings. The van der Waals surface area contributed by atoms with Gasteiger partial charge in [0.05, 0.1) is 14.2 Å². The van der Waals surface area contributed by atoms with E-state index in [0.717, 1.165) is 54.4 Å². The third-order valence-corrected chi connectivity index (χ3v) is 4.17. The Kier molecular flexibility index (Phi) is 5.56. The molecule has 0 spiro atoms. The predicted octanol–water partition coefficient (Wildman–Crippen LogP) is 3.91. The van der Waals surface area contributed by atoms with Gasteiger partial charge in [0.1, 0.15) is 5.52 Å². The van der Waals surface area contributed by atoms with Crippen molar-refractivity contribution in [3.8, 4) is 11.5 Å². The van der Waals surface area contributed by atoms with Crippen LogP contribution in [0.2, 0.25) is 0 Å². The molecule has 0 unspecified atom stereocenters. The van der Waals surface area contributed by atoms with E-state index in [1.807, 2.05) is 36.4 Å². The Bertz CT molecular complexity index is 796. The molecule has 0 saturated carbocycles. The van der Waals surface area contributed by atoms with Crippen LogP contribution in [0, 0.1) is 0 Å². The summed E-state index contributed by atoms with van der Waals surface area (Å²) in [5, 5.41) is 0. The van der Waals surface area contributed by atoms with Gasteiger partial charge in [0.25, 0.3) is 0 Å². The van der Waals surface area contributed by atoms with Crippen molar-refractivity contribution in [2.45, 2.75) is 19.4 Å². The van der Waals surface area contributed by atoms with E-state index in [4.69, 9.17) is 13.9 Å². The largest absolute Gasteiger partial charge is 0.493 e. The maximum absolute atomic E-state index is 5.76. The highest BCUT2D eigenvalue weighted by molar-refractivity contribution is 5.72. The van der Waals surface area contributed by atoms with E-state index in [1.165, 1.54) is 5.56 Å². The number of para-hydroxylation sites is 2. The number of fused-ring (bicyclic) bond motifs is 1. The third kappa shape index (κ3) is 4.31. The molecule has 0 amide bonds. The molecule has 3 aromatic rings. The van der Waals surface area contributed by atoms with Gasteiger partial charge in [-0.25, -0.2) is 4.98 Å². The lowest BCUT2D eigenvalue weighted by Gasteiger charge is -2.17. The highest BCUT2D eigenvalue weighted by Gasteiger charge is 2.08. The van der Waals surface area contributed by atoms with Gasteiger partial charge < -0.3 is 18.8 Å². The Hall–Kier alpha value is -2.53. The lowest BCUT2D eigenvalue weighted by Crippen LogP contribution is -2.19. The Morgan fingerprint density at radius 2 is 1.84 bits per heavy atom. The number of hydrogen-bond donors (Lipinski definition) is 0. The van der Waals surface area contributed by atoms with Gasteiger partial charge in [-0.3, -0.25) is 0 Å². The zero-order chi connectivity index (χ0) is 17.6. The van der Waals surface area contributed by atoms with Gasteiger partial charge in [-0.2, -0.15) is 0 Å². The molecule has 1 aromatic heterocycles. The smallest absolute Gasteiger partial charge is 0.195 e. The van der Waals surface area contributed by atoms with E-state index >= 15 is 0 Å². The fraction of sp³-hybridized carbons (Fsp3) is 0.350. The van der Waals surface area contributed by atoms with E-state index in [2.05, 4.69) is 23.0 Å². The normalized spacial score (nSPS) is 11.2. The van der Waals surface area contributed by atoms with Crippen molar-refractivity contribution in [2.24, 2.45) is 0 Å².